The largest absolute Gasteiger partial charge is 0.393 e. The van der Waals surface area contributed by atoms with Gasteiger partial charge in [0.15, 0.2) is 0 Å². The molecule has 2 nitrogen and oxygen atoms in total. The molecule has 2 heteroatoms. The van der Waals surface area contributed by atoms with Gasteiger partial charge in [0.2, 0.25) is 0 Å². The maximum Gasteiger partial charge on any atom is 0.136 e. The molecule has 0 aromatic carbocycles. The lowest BCUT2D eigenvalue weighted by Crippen LogP contribution is -2.53. The van der Waals surface area contributed by atoms with Crippen molar-refractivity contribution < 1.29 is 9.90 Å². The third-order valence-corrected chi connectivity index (χ3v) is 8.22. The zero-order chi connectivity index (χ0) is 15.7. The lowest BCUT2D eigenvalue weighted by Gasteiger charge is -2.58. The van der Waals surface area contributed by atoms with Crippen molar-refractivity contribution in [2.45, 2.75) is 71.8 Å². The van der Waals surface area contributed by atoms with Crippen molar-refractivity contribution in [2.24, 2.45) is 34.5 Å². The van der Waals surface area contributed by atoms with Crippen LogP contribution in [-0.2, 0) is 4.79 Å². The second kappa shape index (κ2) is 4.69. The van der Waals surface area contributed by atoms with Crippen molar-refractivity contribution in [1.82, 2.24) is 0 Å². The van der Waals surface area contributed by atoms with Crippen LogP contribution in [0.3, 0.4) is 0 Å². The van der Waals surface area contributed by atoms with Crippen molar-refractivity contribution in [1.29, 1.82) is 0 Å². The van der Waals surface area contributed by atoms with E-state index in [1.54, 1.807) is 0 Å². The molecule has 3 saturated carbocycles. The number of hydrogen-bond donors (Lipinski definition) is 1. The third kappa shape index (κ3) is 1.79. The van der Waals surface area contributed by atoms with Crippen LogP contribution in [0.2, 0.25) is 0 Å². The van der Waals surface area contributed by atoms with E-state index in [1.807, 2.05) is 0 Å². The molecule has 5 unspecified atom stereocenters. The number of carbonyl (C=O) groups is 1. The molecule has 0 amide bonds. The smallest absolute Gasteiger partial charge is 0.136 e. The van der Waals surface area contributed by atoms with Gasteiger partial charge in [-0.2, -0.15) is 0 Å². The summed E-state index contributed by atoms with van der Waals surface area (Å²) in [6, 6.07) is 0. The zero-order valence-corrected chi connectivity index (χ0v) is 14.3. The number of hydrogen-bond acceptors (Lipinski definition) is 2. The fraction of sp³-hybridized carbons (Fsp3) is 0.850. The van der Waals surface area contributed by atoms with Gasteiger partial charge in [-0.15, -0.1) is 0 Å². The van der Waals surface area contributed by atoms with E-state index in [4.69, 9.17) is 0 Å². The Kier molecular flexibility index (Phi) is 3.18. The molecule has 0 heterocycles. The van der Waals surface area contributed by atoms with Crippen molar-refractivity contribution in [2.75, 3.05) is 0 Å². The average molecular weight is 302 g/mol. The summed E-state index contributed by atoms with van der Waals surface area (Å²) in [5.74, 6) is 3.10. The van der Waals surface area contributed by atoms with Crippen LogP contribution in [0.5, 0.6) is 0 Å². The maximum absolute atomic E-state index is 11.9. The predicted molar refractivity (Wildman–Crippen MR) is 87.3 cm³/mol. The highest BCUT2D eigenvalue weighted by molar-refractivity contribution is 5.82. The molecule has 1 N–H and O–H groups in total. The minimum Gasteiger partial charge on any atom is -0.393 e. The van der Waals surface area contributed by atoms with Gasteiger partial charge in [0.25, 0.3) is 0 Å². The Morgan fingerprint density at radius 3 is 2.68 bits per heavy atom. The molecule has 0 aliphatic heterocycles. The Labute approximate surface area is 134 Å². The number of carbonyl (C=O) groups excluding carboxylic acids is 1. The molecule has 0 saturated heterocycles. The van der Waals surface area contributed by atoms with E-state index in [1.165, 1.54) is 24.8 Å². The summed E-state index contributed by atoms with van der Waals surface area (Å²) >= 11 is 0. The molecule has 4 aliphatic carbocycles. The van der Waals surface area contributed by atoms with E-state index < -0.39 is 0 Å². The fourth-order valence-corrected chi connectivity index (χ4v) is 6.81. The Hall–Kier alpha value is -0.630. The van der Waals surface area contributed by atoms with Gasteiger partial charge in [-0.3, -0.25) is 4.79 Å². The Morgan fingerprint density at radius 1 is 1.14 bits per heavy atom. The monoisotopic (exact) mass is 302 g/mol. The van der Waals surface area contributed by atoms with E-state index in [0.717, 1.165) is 25.2 Å². The van der Waals surface area contributed by atoms with Crippen LogP contribution in [0.1, 0.15) is 65.7 Å². The minimum absolute atomic E-state index is 0.100. The van der Waals surface area contributed by atoms with Crippen molar-refractivity contribution in [3.8, 4) is 0 Å². The van der Waals surface area contributed by atoms with Gasteiger partial charge in [-0.1, -0.05) is 32.4 Å². The normalized spacial score (nSPS) is 54.3. The maximum atomic E-state index is 11.9. The molecule has 0 spiro atoms. The molecule has 122 valence electrons. The number of rotatable bonds is 0. The van der Waals surface area contributed by atoms with Gasteiger partial charge in [-0.25, -0.2) is 0 Å². The van der Waals surface area contributed by atoms with E-state index in [-0.39, 0.29) is 16.9 Å². The average Bonchev–Trinajstić information content (AvgIpc) is 2.77. The highest BCUT2D eigenvalue weighted by atomic mass is 16.3. The standard InChI is InChI=1S/C20H30O2/c1-12-10-13-11-14(21)6-8-19(13,2)16-7-9-20(3)15(18(12)16)4-5-17(20)22/h10,12,15-18,22H,4-9,11H2,1-3H3/t12?,15?,16?,17-,18?,19-,20?/m0/s1. The first-order valence-electron chi connectivity index (χ1n) is 9.27. The van der Waals surface area contributed by atoms with Crippen LogP contribution in [0.4, 0.5) is 0 Å². The number of allylic oxidation sites excluding steroid dienone is 2. The second-order valence-electron chi connectivity index (χ2n) is 9.11. The summed E-state index contributed by atoms with van der Waals surface area (Å²) in [7, 11) is 0. The first-order chi connectivity index (χ1) is 10.4. The summed E-state index contributed by atoms with van der Waals surface area (Å²) in [5, 5.41) is 10.5. The van der Waals surface area contributed by atoms with Crippen LogP contribution in [0, 0.1) is 34.5 Å². The SMILES string of the molecule is CC1C=C2CC(=O)CC[C@]2(C)C2CCC3(C)C(CC[C@@H]3O)C12. The molecule has 22 heavy (non-hydrogen) atoms. The number of Topliss-reactive ketones (excluding diaryl/α,β-unsaturated/α-hetero) is 1. The van der Waals surface area contributed by atoms with E-state index in [2.05, 4.69) is 26.8 Å². The predicted octanol–water partition coefficient (Wildman–Crippen LogP) is 4.13. The van der Waals surface area contributed by atoms with Crippen LogP contribution in [-0.4, -0.2) is 17.0 Å². The molecule has 0 aromatic heterocycles. The molecule has 0 aromatic rings. The quantitative estimate of drug-likeness (QED) is 0.683. The van der Waals surface area contributed by atoms with Gasteiger partial charge >= 0.3 is 0 Å². The van der Waals surface area contributed by atoms with E-state index in [9.17, 15) is 9.90 Å². The van der Waals surface area contributed by atoms with E-state index in [0.29, 0.717) is 30.0 Å². The molecular weight excluding hydrogens is 272 g/mol. The van der Waals surface area contributed by atoms with Crippen molar-refractivity contribution in [3.63, 3.8) is 0 Å². The zero-order valence-electron chi connectivity index (χ0n) is 14.3. The van der Waals surface area contributed by atoms with Gasteiger partial charge in [0.05, 0.1) is 6.10 Å². The summed E-state index contributed by atoms with van der Waals surface area (Å²) in [6.45, 7) is 7.13. The van der Waals surface area contributed by atoms with Crippen molar-refractivity contribution in [3.05, 3.63) is 11.6 Å². The Balaban J connectivity index is 1.74. The molecule has 0 radical (unpaired) electrons. The Morgan fingerprint density at radius 2 is 1.91 bits per heavy atom. The summed E-state index contributed by atoms with van der Waals surface area (Å²) < 4.78 is 0. The fourth-order valence-electron chi connectivity index (χ4n) is 6.81. The highest BCUT2D eigenvalue weighted by Crippen LogP contribution is 2.65. The molecule has 3 fully saturated rings. The van der Waals surface area contributed by atoms with Crippen LogP contribution in [0.15, 0.2) is 11.6 Å². The van der Waals surface area contributed by atoms with Gasteiger partial charge in [-0.05, 0) is 66.6 Å². The summed E-state index contributed by atoms with van der Waals surface area (Å²) in [5.41, 5.74) is 1.83. The topological polar surface area (TPSA) is 37.3 Å². The summed E-state index contributed by atoms with van der Waals surface area (Å²) in [4.78, 5) is 11.9. The number of aliphatic hydroxyl groups is 1. The second-order valence-corrected chi connectivity index (χ2v) is 9.11. The van der Waals surface area contributed by atoms with Crippen LogP contribution < -0.4 is 0 Å². The lowest BCUT2D eigenvalue weighted by molar-refractivity contribution is -0.123. The number of ketones is 1. The molecule has 4 rings (SSSR count). The number of fused-ring (bicyclic) bond motifs is 5. The molecule has 0 bridgehead atoms. The minimum atomic E-state index is -0.100. The first-order valence-corrected chi connectivity index (χ1v) is 9.27. The first kappa shape index (κ1) is 14.9. The van der Waals surface area contributed by atoms with Crippen LogP contribution >= 0.6 is 0 Å². The highest BCUT2D eigenvalue weighted by Gasteiger charge is 2.59. The molecular formula is C20H30O2. The molecule has 7 atom stereocenters. The van der Waals surface area contributed by atoms with Crippen LogP contribution in [0.25, 0.3) is 0 Å². The van der Waals surface area contributed by atoms with Gasteiger partial charge < -0.3 is 5.11 Å². The summed E-state index contributed by atoms with van der Waals surface area (Å²) in [6.07, 6.45) is 9.47. The number of aliphatic hydroxyl groups excluding tert-OH is 1. The third-order valence-electron chi connectivity index (χ3n) is 8.22. The van der Waals surface area contributed by atoms with Gasteiger partial charge in [0.1, 0.15) is 5.78 Å². The van der Waals surface area contributed by atoms with Crippen molar-refractivity contribution >= 4 is 5.78 Å². The van der Waals surface area contributed by atoms with Gasteiger partial charge in [0, 0.05) is 12.8 Å². The van der Waals surface area contributed by atoms with E-state index >= 15 is 0 Å². The molecule has 4 aliphatic rings. The Bertz CT molecular complexity index is 536. The lowest BCUT2D eigenvalue weighted by atomic mass is 9.46.